The van der Waals surface area contributed by atoms with Gasteiger partial charge >= 0.3 is 0 Å². The SMILES string of the molecule is CN(C)[C@@H](CNC(=O)c1ccc2c(c1)NC(=O)[C@H]1CCCN21)c1cccs1. The highest BCUT2D eigenvalue weighted by atomic mass is 32.1. The lowest BCUT2D eigenvalue weighted by Gasteiger charge is -2.33. The third-order valence-corrected chi connectivity index (χ3v) is 6.31. The van der Waals surface area contributed by atoms with Gasteiger partial charge in [0.1, 0.15) is 6.04 Å². The van der Waals surface area contributed by atoms with E-state index in [1.54, 1.807) is 17.4 Å². The van der Waals surface area contributed by atoms with E-state index in [-0.39, 0.29) is 23.9 Å². The zero-order valence-electron chi connectivity index (χ0n) is 15.6. The largest absolute Gasteiger partial charge is 0.358 e. The van der Waals surface area contributed by atoms with Crippen molar-refractivity contribution in [2.24, 2.45) is 0 Å². The van der Waals surface area contributed by atoms with Gasteiger partial charge in [-0.2, -0.15) is 0 Å². The number of thiophene rings is 1. The number of likely N-dealkylation sites (N-methyl/N-ethyl adjacent to an activating group) is 1. The van der Waals surface area contributed by atoms with Crippen molar-refractivity contribution in [1.82, 2.24) is 10.2 Å². The van der Waals surface area contributed by atoms with Crippen molar-refractivity contribution in [1.29, 1.82) is 0 Å². The number of nitrogens with zero attached hydrogens (tertiary/aromatic N) is 2. The summed E-state index contributed by atoms with van der Waals surface area (Å²) in [7, 11) is 4.02. The molecule has 1 aromatic heterocycles. The average Bonchev–Trinajstić information content (AvgIpc) is 3.33. The summed E-state index contributed by atoms with van der Waals surface area (Å²) in [5.74, 6) is -0.0954. The van der Waals surface area contributed by atoms with Crippen LogP contribution in [0.25, 0.3) is 0 Å². The summed E-state index contributed by atoms with van der Waals surface area (Å²) in [5.41, 5.74) is 2.31. The van der Waals surface area contributed by atoms with Crippen molar-refractivity contribution in [3.05, 3.63) is 46.2 Å². The number of carbonyl (C=O) groups excluding carboxylic acids is 2. The van der Waals surface area contributed by atoms with Gasteiger partial charge in [-0.15, -0.1) is 11.3 Å². The minimum Gasteiger partial charge on any atom is -0.358 e. The molecule has 0 radical (unpaired) electrons. The molecule has 1 aromatic carbocycles. The molecule has 0 bridgehead atoms. The normalized spacial score (nSPS) is 19.4. The molecule has 0 aliphatic carbocycles. The third-order valence-electron chi connectivity index (χ3n) is 5.33. The van der Waals surface area contributed by atoms with Crippen LogP contribution in [0.1, 0.15) is 34.1 Å². The zero-order chi connectivity index (χ0) is 19.0. The number of carbonyl (C=O) groups is 2. The number of hydrogen-bond acceptors (Lipinski definition) is 5. The first kappa shape index (κ1) is 18.0. The number of hydrogen-bond donors (Lipinski definition) is 2. The van der Waals surface area contributed by atoms with Crippen LogP contribution in [0.4, 0.5) is 11.4 Å². The first-order valence-corrected chi connectivity index (χ1v) is 10.1. The minimum absolute atomic E-state index is 0.0305. The number of rotatable bonds is 5. The Labute approximate surface area is 163 Å². The molecule has 2 N–H and O–H groups in total. The summed E-state index contributed by atoms with van der Waals surface area (Å²) in [4.78, 5) is 30.4. The Morgan fingerprint density at radius 1 is 1.41 bits per heavy atom. The molecule has 2 aliphatic rings. The maximum atomic E-state index is 12.7. The molecular formula is C20H24N4O2S. The minimum atomic E-state index is -0.126. The summed E-state index contributed by atoms with van der Waals surface area (Å²) >= 11 is 1.69. The topological polar surface area (TPSA) is 64.7 Å². The van der Waals surface area contributed by atoms with Gasteiger partial charge in [0.2, 0.25) is 5.91 Å². The molecule has 2 atom stereocenters. The van der Waals surface area contributed by atoms with E-state index in [2.05, 4.69) is 26.5 Å². The van der Waals surface area contributed by atoms with E-state index >= 15 is 0 Å². The Hall–Kier alpha value is -2.38. The van der Waals surface area contributed by atoms with Gasteiger partial charge in [-0.25, -0.2) is 0 Å². The van der Waals surface area contributed by atoms with Gasteiger partial charge in [0.25, 0.3) is 5.91 Å². The van der Waals surface area contributed by atoms with Crippen molar-refractivity contribution in [3.63, 3.8) is 0 Å². The predicted octanol–water partition coefficient (Wildman–Crippen LogP) is 2.70. The van der Waals surface area contributed by atoms with E-state index in [0.717, 1.165) is 30.8 Å². The monoisotopic (exact) mass is 384 g/mol. The molecule has 6 nitrogen and oxygen atoms in total. The highest BCUT2D eigenvalue weighted by molar-refractivity contribution is 7.10. The summed E-state index contributed by atoms with van der Waals surface area (Å²) in [6.07, 6.45) is 1.91. The fourth-order valence-electron chi connectivity index (χ4n) is 3.88. The van der Waals surface area contributed by atoms with Crippen LogP contribution < -0.4 is 15.5 Å². The van der Waals surface area contributed by atoms with E-state index in [1.165, 1.54) is 4.88 Å². The van der Waals surface area contributed by atoms with Crippen LogP contribution in [-0.4, -0.2) is 49.9 Å². The molecule has 2 aromatic rings. The second kappa shape index (κ2) is 7.32. The van der Waals surface area contributed by atoms with Crippen molar-refractivity contribution in [2.75, 3.05) is 37.4 Å². The van der Waals surface area contributed by atoms with Gasteiger partial charge in [0, 0.05) is 23.5 Å². The smallest absolute Gasteiger partial charge is 0.251 e. The Morgan fingerprint density at radius 3 is 3.00 bits per heavy atom. The van der Waals surface area contributed by atoms with Gasteiger partial charge in [0.05, 0.1) is 17.4 Å². The summed E-state index contributed by atoms with van der Waals surface area (Å²) < 4.78 is 0. The number of nitrogens with one attached hydrogen (secondary N) is 2. The maximum Gasteiger partial charge on any atom is 0.251 e. The Kier molecular flexibility index (Phi) is 4.88. The molecular weight excluding hydrogens is 360 g/mol. The van der Waals surface area contributed by atoms with Gasteiger partial charge in [-0.1, -0.05) is 6.07 Å². The predicted molar refractivity (Wildman–Crippen MR) is 109 cm³/mol. The van der Waals surface area contributed by atoms with Crippen molar-refractivity contribution in [2.45, 2.75) is 24.9 Å². The fraction of sp³-hybridized carbons (Fsp3) is 0.400. The fourth-order valence-corrected chi connectivity index (χ4v) is 4.80. The lowest BCUT2D eigenvalue weighted by molar-refractivity contribution is -0.117. The highest BCUT2D eigenvalue weighted by Gasteiger charge is 2.36. The van der Waals surface area contributed by atoms with E-state index < -0.39 is 0 Å². The average molecular weight is 385 g/mol. The molecule has 0 spiro atoms. The summed E-state index contributed by atoms with van der Waals surface area (Å²) in [6.45, 7) is 1.42. The number of anilines is 2. The zero-order valence-corrected chi connectivity index (χ0v) is 16.4. The number of benzene rings is 1. The lowest BCUT2D eigenvalue weighted by Crippen LogP contribution is -2.44. The maximum absolute atomic E-state index is 12.7. The van der Waals surface area contributed by atoms with Crippen molar-refractivity contribution < 1.29 is 9.59 Å². The quantitative estimate of drug-likeness (QED) is 0.832. The summed E-state index contributed by atoms with van der Waals surface area (Å²) in [5, 5.41) is 8.04. The molecule has 2 aliphatic heterocycles. The van der Waals surface area contributed by atoms with Crippen LogP contribution in [0.15, 0.2) is 35.7 Å². The number of amides is 2. The van der Waals surface area contributed by atoms with E-state index in [0.29, 0.717) is 12.1 Å². The molecule has 1 fully saturated rings. The second-order valence-electron chi connectivity index (χ2n) is 7.28. The molecule has 3 heterocycles. The van der Waals surface area contributed by atoms with Gasteiger partial charge < -0.3 is 20.4 Å². The van der Waals surface area contributed by atoms with Crippen LogP contribution in [0.2, 0.25) is 0 Å². The number of fused-ring (bicyclic) bond motifs is 3. The molecule has 4 rings (SSSR count). The van der Waals surface area contributed by atoms with Crippen molar-refractivity contribution >= 4 is 34.5 Å². The van der Waals surface area contributed by atoms with E-state index in [9.17, 15) is 9.59 Å². The molecule has 27 heavy (non-hydrogen) atoms. The second-order valence-corrected chi connectivity index (χ2v) is 8.26. The summed E-state index contributed by atoms with van der Waals surface area (Å²) in [6, 6.07) is 9.76. The highest BCUT2D eigenvalue weighted by Crippen LogP contribution is 2.37. The molecule has 1 saturated heterocycles. The Balaban J connectivity index is 1.48. The lowest BCUT2D eigenvalue weighted by atomic mass is 10.1. The van der Waals surface area contributed by atoms with E-state index in [1.807, 2.05) is 37.7 Å². The molecule has 7 heteroatoms. The molecule has 142 valence electrons. The van der Waals surface area contributed by atoms with Crippen LogP contribution in [-0.2, 0) is 4.79 Å². The van der Waals surface area contributed by atoms with Crippen molar-refractivity contribution in [3.8, 4) is 0 Å². The first-order valence-electron chi connectivity index (χ1n) is 9.24. The van der Waals surface area contributed by atoms with Gasteiger partial charge in [-0.05, 0) is 56.6 Å². The molecule has 2 amide bonds. The van der Waals surface area contributed by atoms with Crippen LogP contribution >= 0.6 is 11.3 Å². The van der Waals surface area contributed by atoms with Crippen LogP contribution in [0.5, 0.6) is 0 Å². The Morgan fingerprint density at radius 2 is 2.26 bits per heavy atom. The van der Waals surface area contributed by atoms with Crippen LogP contribution in [0.3, 0.4) is 0 Å². The van der Waals surface area contributed by atoms with E-state index in [4.69, 9.17) is 0 Å². The van der Waals surface area contributed by atoms with Gasteiger partial charge in [-0.3, -0.25) is 9.59 Å². The standard InChI is InChI=1S/C20H24N4O2S/c1-23(2)17(18-6-4-10-27-18)12-21-19(25)13-7-8-15-14(11-13)22-20(26)16-5-3-9-24(15)16/h4,6-8,10-11,16-17H,3,5,9,12H2,1-2H3,(H,21,25)(H,22,26)/t16-,17+/m1/s1. The van der Waals surface area contributed by atoms with Crippen LogP contribution in [0, 0.1) is 0 Å². The van der Waals surface area contributed by atoms with Gasteiger partial charge in [0.15, 0.2) is 0 Å². The Bertz CT molecular complexity index is 850. The molecule has 0 saturated carbocycles. The molecule has 0 unspecified atom stereocenters. The third kappa shape index (κ3) is 3.44. The first-order chi connectivity index (χ1) is 13.0.